The van der Waals surface area contributed by atoms with Gasteiger partial charge in [-0.25, -0.2) is 4.39 Å². The van der Waals surface area contributed by atoms with Gasteiger partial charge in [-0.05, 0) is 38.5 Å². The van der Waals surface area contributed by atoms with Crippen molar-refractivity contribution in [3.8, 4) is 5.75 Å². The van der Waals surface area contributed by atoms with Crippen molar-refractivity contribution in [2.75, 3.05) is 13.2 Å². The zero-order chi connectivity index (χ0) is 14.4. The van der Waals surface area contributed by atoms with Gasteiger partial charge in [0.25, 0.3) is 0 Å². The molecule has 0 amide bonds. The van der Waals surface area contributed by atoms with E-state index in [0.29, 0.717) is 5.56 Å². The normalized spacial score (nSPS) is 14.5. The van der Waals surface area contributed by atoms with E-state index in [1.165, 1.54) is 12.1 Å². The highest BCUT2D eigenvalue weighted by atomic mass is 19.1. The number of hydrogen-bond donors (Lipinski definition) is 2. The number of aliphatic hydroxyl groups is 1. The number of hydrogen-bond acceptors (Lipinski definition) is 4. The molecule has 5 heteroatoms. The average Bonchev–Trinajstić information content (AvgIpc) is 2.34. The van der Waals surface area contributed by atoms with E-state index in [9.17, 15) is 9.50 Å². The van der Waals surface area contributed by atoms with Crippen LogP contribution < -0.4 is 10.5 Å². The third-order valence-corrected chi connectivity index (χ3v) is 2.53. The van der Waals surface area contributed by atoms with Gasteiger partial charge in [0.2, 0.25) is 0 Å². The Bertz CT molecular complexity index is 396. The van der Waals surface area contributed by atoms with Crippen molar-refractivity contribution < 1.29 is 19.0 Å². The third kappa shape index (κ3) is 5.55. The molecule has 1 rings (SSSR count). The Morgan fingerprint density at radius 3 is 2.47 bits per heavy atom. The Morgan fingerprint density at radius 1 is 1.26 bits per heavy atom. The monoisotopic (exact) mass is 271 g/mol. The second-order valence-electron chi connectivity index (χ2n) is 4.83. The van der Waals surface area contributed by atoms with Crippen molar-refractivity contribution in [1.82, 2.24) is 0 Å². The summed E-state index contributed by atoms with van der Waals surface area (Å²) in [4.78, 5) is 0. The van der Waals surface area contributed by atoms with Crippen molar-refractivity contribution in [3.05, 3.63) is 29.6 Å². The second-order valence-corrected chi connectivity index (χ2v) is 4.83. The first-order valence-corrected chi connectivity index (χ1v) is 6.37. The molecule has 3 N–H and O–H groups in total. The van der Waals surface area contributed by atoms with Gasteiger partial charge in [-0.3, -0.25) is 0 Å². The molecule has 0 saturated carbocycles. The fraction of sp³-hybridized carbons (Fsp3) is 0.571. The first-order valence-electron chi connectivity index (χ1n) is 6.37. The molecule has 0 aliphatic rings. The number of nitrogens with two attached hydrogens (primary N) is 1. The highest BCUT2D eigenvalue weighted by molar-refractivity contribution is 5.30. The highest BCUT2D eigenvalue weighted by Crippen LogP contribution is 2.21. The molecule has 1 aromatic rings. The van der Waals surface area contributed by atoms with Crippen LogP contribution in [0.3, 0.4) is 0 Å². The van der Waals surface area contributed by atoms with Gasteiger partial charge in [0.1, 0.15) is 12.7 Å². The largest absolute Gasteiger partial charge is 0.488 e. The van der Waals surface area contributed by atoms with Crippen LogP contribution in [0.25, 0.3) is 0 Å². The van der Waals surface area contributed by atoms with Crippen molar-refractivity contribution in [2.24, 2.45) is 5.73 Å². The van der Waals surface area contributed by atoms with E-state index >= 15 is 0 Å². The van der Waals surface area contributed by atoms with Crippen LogP contribution in [0, 0.1) is 5.82 Å². The van der Waals surface area contributed by atoms with Gasteiger partial charge in [0.15, 0.2) is 11.6 Å². The lowest BCUT2D eigenvalue weighted by Crippen LogP contribution is -2.25. The van der Waals surface area contributed by atoms with Crippen LogP contribution in [0.2, 0.25) is 0 Å². The van der Waals surface area contributed by atoms with Crippen LogP contribution in [-0.2, 0) is 4.74 Å². The van der Waals surface area contributed by atoms with E-state index in [1.807, 2.05) is 13.8 Å². The van der Waals surface area contributed by atoms with Crippen LogP contribution in [-0.4, -0.2) is 30.5 Å². The third-order valence-electron chi connectivity index (χ3n) is 2.53. The fourth-order valence-corrected chi connectivity index (χ4v) is 1.45. The summed E-state index contributed by atoms with van der Waals surface area (Å²) in [6.45, 7) is 5.68. The zero-order valence-electron chi connectivity index (χ0n) is 11.6. The average molecular weight is 271 g/mol. The Balaban J connectivity index is 2.49. The number of halogens is 1. The number of rotatable bonds is 7. The highest BCUT2D eigenvalue weighted by Gasteiger charge is 2.11. The predicted octanol–water partition coefficient (Wildman–Crippen LogP) is 2.01. The van der Waals surface area contributed by atoms with Crippen molar-refractivity contribution in [3.63, 3.8) is 0 Å². The summed E-state index contributed by atoms with van der Waals surface area (Å²) in [7, 11) is 0. The summed E-state index contributed by atoms with van der Waals surface area (Å²) in [5, 5.41) is 9.60. The van der Waals surface area contributed by atoms with Gasteiger partial charge in [-0.2, -0.15) is 0 Å². The van der Waals surface area contributed by atoms with Gasteiger partial charge in [0.05, 0.1) is 12.7 Å². The zero-order valence-corrected chi connectivity index (χ0v) is 11.6. The van der Waals surface area contributed by atoms with E-state index < -0.39 is 11.9 Å². The smallest absolute Gasteiger partial charge is 0.165 e. The number of ether oxygens (including phenoxy) is 2. The molecule has 0 spiro atoms. The van der Waals surface area contributed by atoms with Gasteiger partial charge in [0, 0.05) is 6.04 Å². The molecule has 0 aliphatic carbocycles. The molecule has 0 fully saturated rings. The minimum absolute atomic E-state index is 0.0127. The predicted molar refractivity (Wildman–Crippen MR) is 71.6 cm³/mol. The molecule has 0 aliphatic heterocycles. The summed E-state index contributed by atoms with van der Waals surface area (Å²) >= 11 is 0. The van der Waals surface area contributed by atoms with E-state index in [1.54, 1.807) is 13.0 Å². The maximum absolute atomic E-state index is 13.7. The molecule has 0 radical (unpaired) electrons. The molecular weight excluding hydrogens is 249 g/mol. The molecule has 0 saturated heterocycles. The molecule has 2 unspecified atom stereocenters. The lowest BCUT2D eigenvalue weighted by molar-refractivity contribution is -0.0127. The standard InChI is InChI=1S/C14H22FNO3/c1-9(2)18-7-12(17)8-19-14-5-4-11(10(3)16)6-13(14)15/h4-6,9-10,12,17H,7-8,16H2,1-3H3. The van der Waals surface area contributed by atoms with E-state index in [4.69, 9.17) is 15.2 Å². The fourth-order valence-electron chi connectivity index (χ4n) is 1.45. The lowest BCUT2D eigenvalue weighted by Gasteiger charge is -2.15. The molecule has 0 heterocycles. The van der Waals surface area contributed by atoms with Crippen LogP contribution >= 0.6 is 0 Å². The molecule has 2 atom stereocenters. The number of aliphatic hydroxyl groups excluding tert-OH is 1. The molecule has 108 valence electrons. The maximum atomic E-state index is 13.7. The van der Waals surface area contributed by atoms with E-state index in [-0.39, 0.29) is 31.1 Å². The molecule has 0 bridgehead atoms. The molecule has 0 aromatic heterocycles. The van der Waals surface area contributed by atoms with Crippen LogP contribution in [0.15, 0.2) is 18.2 Å². The summed E-state index contributed by atoms with van der Waals surface area (Å²) in [5.74, 6) is -0.375. The Labute approximate surface area is 113 Å². The summed E-state index contributed by atoms with van der Waals surface area (Å²) in [6.07, 6.45) is -0.744. The van der Waals surface area contributed by atoms with Crippen molar-refractivity contribution >= 4 is 0 Å². The van der Waals surface area contributed by atoms with Gasteiger partial charge < -0.3 is 20.3 Å². The minimum Gasteiger partial charge on any atom is -0.488 e. The van der Waals surface area contributed by atoms with Crippen LogP contribution in [0.4, 0.5) is 4.39 Å². The van der Waals surface area contributed by atoms with Gasteiger partial charge in [-0.15, -0.1) is 0 Å². The lowest BCUT2D eigenvalue weighted by atomic mass is 10.1. The van der Waals surface area contributed by atoms with Gasteiger partial charge >= 0.3 is 0 Å². The van der Waals surface area contributed by atoms with E-state index in [2.05, 4.69) is 0 Å². The Kier molecular flexibility index (Phi) is 6.21. The van der Waals surface area contributed by atoms with Crippen molar-refractivity contribution in [1.29, 1.82) is 0 Å². The maximum Gasteiger partial charge on any atom is 0.165 e. The first kappa shape index (κ1) is 15.9. The summed E-state index contributed by atoms with van der Waals surface area (Å²) in [5.41, 5.74) is 6.36. The number of benzene rings is 1. The Hall–Kier alpha value is -1.17. The summed E-state index contributed by atoms with van der Waals surface area (Å²) in [6, 6.07) is 4.34. The second kappa shape index (κ2) is 7.43. The SMILES string of the molecule is CC(C)OCC(O)COc1ccc(C(C)N)cc1F. The van der Waals surface area contributed by atoms with Crippen LogP contribution in [0.1, 0.15) is 32.4 Å². The van der Waals surface area contributed by atoms with Gasteiger partial charge in [-0.1, -0.05) is 6.07 Å². The minimum atomic E-state index is -0.782. The van der Waals surface area contributed by atoms with Crippen LogP contribution in [0.5, 0.6) is 5.75 Å². The summed E-state index contributed by atoms with van der Waals surface area (Å²) < 4.78 is 24.1. The van der Waals surface area contributed by atoms with Crippen molar-refractivity contribution in [2.45, 2.75) is 39.0 Å². The molecule has 4 nitrogen and oxygen atoms in total. The molecular formula is C14H22FNO3. The topological polar surface area (TPSA) is 64.7 Å². The molecule has 1 aromatic carbocycles. The van der Waals surface area contributed by atoms with E-state index in [0.717, 1.165) is 0 Å². The Morgan fingerprint density at radius 2 is 1.95 bits per heavy atom. The quantitative estimate of drug-likeness (QED) is 0.796. The molecule has 19 heavy (non-hydrogen) atoms. The first-order chi connectivity index (χ1) is 8.90.